The van der Waals surface area contributed by atoms with E-state index in [0.717, 1.165) is 57.0 Å². The Hall–Kier alpha value is -1.85. The van der Waals surface area contributed by atoms with Crippen LogP contribution in [0.25, 0.3) is 0 Å². The second-order valence-electron chi connectivity index (χ2n) is 6.68. The van der Waals surface area contributed by atoms with E-state index < -0.39 is 0 Å². The highest BCUT2D eigenvalue weighted by atomic mass is 16.1. The number of nitrogens with one attached hydrogen (secondary N) is 1. The molecule has 3 rings (SSSR count). The quantitative estimate of drug-likeness (QED) is 0.895. The van der Waals surface area contributed by atoms with Crippen molar-refractivity contribution in [2.24, 2.45) is 5.41 Å². The summed E-state index contributed by atoms with van der Waals surface area (Å²) in [4.78, 5) is 24.9. The molecule has 22 heavy (non-hydrogen) atoms. The topological polar surface area (TPSA) is 61.4 Å². The summed E-state index contributed by atoms with van der Waals surface area (Å²) in [5, 5.41) is 3.00. The Kier molecular flexibility index (Phi) is 4.18. The highest BCUT2D eigenvalue weighted by Crippen LogP contribution is 2.41. The van der Waals surface area contributed by atoms with E-state index in [-0.39, 0.29) is 5.91 Å². The number of hydrogen-bond acceptors (Lipinski definition) is 5. The Morgan fingerprint density at radius 1 is 1.14 bits per heavy atom. The number of carbonyl (C=O) groups is 1. The van der Waals surface area contributed by atoms with Crippen molar-refractivity contribution in [3.63, 3.8) is 0 Å². The normalized spacial score (nSPS) is 21.4. The fourth-order valence-corrected chi connectivity index (χ4v) is 3.61. The lowest BCUT2D eigenvalue weighted by atomic mass is 9.73. The number of piperidine rings is 1. The number of carbonyl (C=O) groups excluding carboxylic acids is 1. The van der Waals surface area contributed by atoms with Crippen LogP contribution in [-0.4, -0.2) is 49.6 Å². The lowest BCUT2D eigenvalue weighted by Crippen LogP contribution is -2.41. The first-order valence-electron chi connectivity index (χ1n) is 8.10. The van der Waals surface area contributed by atoms with Crippen LogP contribution in [0.1, 0.15) is 32.1 Å². The molecule has 2 aliphatic rings. The van der Waals surface area contributed by atoms with Crippen molar-refractivity contribution in [1.29, 1.82) is 0 Å². The van der Waals surface area contributed by atoms with Crippen LogP contribution in [0.2, 0.25) is 0 Å². The molecule has 0 atom stereocenters. The zero-order chi connectivity index (χ0) is 15.6. The molecule has 2 saturated heterocycles. The summed E-state index contributed by atoms with van der Waals surface area (Å²) in [6, 6.07) is 0. The van der Waals surface area contributed by atoms with Gasteiger partial charge >= 0.3 is 0 Å². The monoisotopic (exact) mass is 303 g/mol. The molecule has 0 bridgehead atoms. The van der Waals surface area contributed by atoms with Crippen molar-refractivity contribution in [1.82, 2.24) is 15.3 Å². The molecule has 6 nitrogen and oxygen atoms in total. The third-order valence-electron chi connectivity index (χ3n) is 5.07. The maximum atomic E-state index is 11.6. The molecule has 3 heterocycles. The zero-order valence-electron chi connectivity index (χ0n) is 13.5. The van der Waals surface area contributed by atoms with Crippen molar-refractivity contribution in [2.45, 2.75) is 32.1 Å². The summed E-state index contributed by atoms with van der Waals surface area (Å²) in [5.41, 5.74) is 0.330. The minimum absolute atomic E-state index is 0.211. The lowest BCUT2D eigenvalue weighted by Gasteiger charge is -2.42. The number of hydrogen-bond donors (Lipinski definition) is 1. The molecule has 2 aliphatic heterocycles. The molecule has 120 valence electrons. The minimum atomic E-state index is 0.211. The van der Waals surface area contributed by atoms with Gasteiger partial charge in [-0.05, 0) is 31.1 Å². The third kappa shape index (κ3) is 3.00. The van der Waals surface area contributed by atoms with Gasteiger partial charge in [0.05, 0.1) is 0 Å². The van der Waals surface area contributed by atoms with Crippen LogP contribution in [0.4, 0.5) is 11.6 Å². The van der Waals surface area contributed by atoms with Crippen LogP contribution in [0.15, 0.2) is 12.4 Å². The van der Waals surface area contributed by atoms with E-state index in [1.807, 2.05) is 19.0 Å². The van der Waals surface area contributed by atoms with E-state index in [1.54, 1.807) is 12.4 Å². The summed E-state index contributed by atoms with van der Waals surface area (Å²) in [7, 11) is 4.00. The largest absolute Gasteiger partial charge is 0.360 e. The van der Waals surface area contributed by atoms with Gasteiger partial charge in [-0.3, -0.25) is 4.79 Å². The first kappa shape index (κ1) is 15.1. The van der Waals surface area contributed by atoms with E-state index in [0.29, 0.717) is 11.8 Å². The second-order valence-corrected chi connectivity index (χ2v) is 6.68. The Bertz CT molecular complexity index is 537. The van der Waals surface area contributed by atoms with Gasteiger partial charge in [-0.25, -0.2) is 9.97 Å². The van der Waals surface area contributed by atoms with Crippen molar-refractivity contribution >= 4 is 17.5 Å². The summed E-state index contributed by atoms with van der Waals surface area (Å²) in [6.07, 6.45) is 8.57. The molecule has 0 radical (unpaired) electrons. The van der Waals surface area contributed by atoms with E-state index in [9.17, 15) is 4.79 Å². The molecule has 1 aromatic heterocycles. The Morgan fingerprint density at radius 3 is 2.59 bits per heavy atom. The van der Waals surface area contributed by atoms with Crippen LogP contribution < -0.4 is 15.1 Å². The predicted molar refractivity (Wildman–Crippen MR) is 87.1 cm³/mol. The highest BCUT2D eigenvalue weighted by Gasteiger charge is 2.36. The number of anilines is 2. The average molecular weight is 303 g/mol. The summed E-state index contributed by atoms with van der Waals surface area (Å²) >= 11 is 0. The van der Waals surface area contributed by atoms with Crippen LogP contribution in [0, 0.1) is 5.41 Å². The molecular weight excluding hydrogens is 278 g/mol. The molecule has 1 amide bonds. The molecule has 0 unspecified atom stereocenters. The Balaban J connectivity index is 1.70. The molecule has 0 aromatic carbocycles. The fourth-order valence-electron chi connectivity index (χ4n) is 3.61. The number of rotatable bonds is 2. The van der Waals surface area contributed by atoms with Gasteiger partial charge in [-0.1, -0.05) is 0 Å². The molecule has 1 aromatic rings. The number of amides is 1. The molecule has 0 aliphatic carbocycles. The van der Waals surface area contributed by atoms with Crippen LogP contribution in [0.3, 0.4) is 0 Å². The Morgan fingerprint density at radius 2 is 1.86 bits per heavy atom. The SMILES string of the molecule is CN(C)c1nccnc1N1CCC2(CCNC(=O)CC2)CC1. The van der Waals surface area contributed by atoms with Gasteiger partial charge < -0.3 is 15.1 Å². The minimum Gasteiger partial charge on any atom is -0.360 e. The third-order valence-corrected chi connectivity index (χ3v) is 5.07. The summed E-state index contributed by atoms with van der Waals surface area (Å²) < 4.78 is 0. The van der Waals surface area contributed by atoms with E-state index in [2.05, 4.69) is 20.2 Å². The highest BCUT2D eigenvalue weighted by molar-refractivity contribution is 5.76. The van der Waals surface area contributed by atoms with Gasteiger partial charge in [-0.15, -0.1) is 0 Å². The second kappa shape index (κ2) is 6.10. The maximum Gasteiger partial charge on any atom is 0.220 e. The zero-order valence-corrected chi connectivity index (χ0v) is 13.5. The van der Waals surface area contributed by atoms with Gasteiger partial charge in [0, 0.05) is 52.5 Å². The standard InChI is InChI=1S/C16H25N5O/c1-20(2)14-15(19-10-9-18-14)21-11-6-16(7-12-21)4-3-13(22)17-8-5-16/h9-10H,3-8,11-12H2,1-2H3,(H,17,22). The molecule has 1 spiro atoms. The molecule has 1 N–H and O–H groups in total. The Labute approximate surface area is 131 Å². The summed E-state index contributed by atoms with van der Waals surface area (Å²) in [6.45, 7) is 2.81. The van der Waals surface area contributed by atoms with Crippen molar-refractivity contribution in [3.05, 3.63) is 12.4 Å². The van der Waals surface area contributed by atoms with Gasteiger partial charge in [0.1, 0.15) is 0 Å². The fraction of sp³-hybridized carbons (Fsp3) is 0.688. The van der Waals surface area contributed by atoms with Crippen molar-refractivity contribution in [2.75, 3.05) is 43.5 Å². The predicted octanol–water partition coefficient (Wildman–Crippen LogP) is 1.43. The van der Waals surface area contributed by atoms with Gasteiger partial charge in [0.15, 0.2) is 11.6 Å². The number of aromatic nitrogens is 2. The van der Waals surface area contributed by atoms with Crippen molar-refractivity contribution < 1.29 is 4.79 Å². The molecule has 0 saturated carbocycles. The van der Waals surface area contributed by atoms with Crippen molar-refractivity contribution in [3.8, 4) is 0 Å². The number of nitrogens with zero attached hydrogens (tertiary/aromatic N) is 4. The van der Waals surface area contributed by atoms with Crippen LogP contribution in [-0.2, 0) is 4.79 Å². The van der Waals surface area contributed by atoms with Crippen LogP contribution >= 0.6 is 0 Å². The first-order chi connectivity index (χ1) is 10.6. The molecule has 2 fully saturated rings. The molecular formula is C16H25N5O. The van der Waals surface area contributed by atoms with Gasteiger partial charge in [0.25, 0.3) is 0 Å². The van der Waals surface area contributed by atoms with Crippen LogP contribution in [0.5, 0.6) is 0 Å². The van der Waals surface area contributed by atoms with Gasteiger partial charge in [0.2, 0.25) is 5.91 Å². The van der Waals surface area contributed by atoms with E-state index in [4.69, 9.17) is 0 Å². The van der Waals surface area contributed by atoms with Gasteiger partial charge in [-0.2, -0.15) is 0 Å². The van der Waals surface area contributed by atoms with E-state index in [1.165, 1.54) is 0 Å². The maximum absolute atomic E-state index is 11.6. The smallest absolute Gasteiger partial charge is 0.220 e. The molecule has 6 heteroatoms. The average Bonchev–Trinajstić information content (AvgIpc) is 2.71. The summed E-state index contributed by atoms with van der Waals surface area (Å²) in [5.74, 6) is 2.12. The van der Waals surface area contributed by atoms with E-state index >= 15 is 0 Å². The first-order valence-corrected chi connectivity index (χ1v) is 8.10. The lowest BCUT2D eigenvalue weighted by molar-refractivity contribution is -0.120.